The van der Waals surface area contributed by atoms with Crippen LogP contribution in [0.5, 0.6) is 0 Å². The van der Waals surface area contributed by atoms with Crippen LogP contribution < -0.4 is 16.0 Å². The summed E-state index contributed by atoms with van der Waals surface area (Å²) in [5, 5.41) is 9.49. The molecule has 9 nitrogen and oxygen atoms in total. The third kappa shape index (κ3) is 8.30. The summed E-state index contributed by atoms with van der Waals surface area (Å²) in [6.45, 7) is 0.521. The van der Waals surface area contributed by atoms with E-state index in [1.807, 2.05) is 30.3 Å². The summed E-state index contributed by atoms with van der Waals surface area (Å²) < 4.78 is 11.2. The second-order valence-corrected chi connectivity index (χ2v) is 13.4. The second kappa shape index (κ2) is 14.9. The van der Waals surface area contributed by atoms with Gasteiger partial charge in [-0.15, -0.1) is 0 Å². The van der Waals surface area contributed by atoms with Crippen molar-refractivity contribution in [3.05, 3.63) is 69.7 Å². The zero-order valence-electron chi connectivity index (χ0n) is 25.5. The monoisotopic (exact) mass is 657 g/mol. The van der Waals surface area contributed by atoms with Crippen molar-refractivity contribution in [3.63, 3.8) is 0 Å². The van der Waals surface area contributed by atoms with E-state index >= 15 is 0 Å². The Morgan fingerprint density at radius 3 is 2.27 bits per heavy atom. The van der Waals surface area contributed by atoms with Crippen LogP contribution in [0.15, 0.2) is 48.5 Å². The Morgan fingerprint density at radius 2 is 1.64 bits per heavy atom. The van der Waals surface area contributed by atoms with Crippen molar-refractivity contribution < 1.29 is 28.7 Å². The number of methoxy groups -OCH3 is 1. The van der Waals surface area contributed by atoms with Gasteiger partial charge in [0.25, 0.3) is 0 Å². The fourth-order valence-electron chi connectivity index (χ4n) is 6.86. The lowest BCUT2D eigenvalue weighted by Crippen LogP contribution is -2.53. The zero-order valence-corrected chi connectivity index (χ0v) is 27.0. The Kier molecular flexibility index (Phi) is 10.9. The lowest BCUT2D eigenvalue weighted by atomic mass is 9.84. The number of esters is 1. The zero-order chi connectivity index (χ0) is 32.0. The number of rotatable bonds is 12. The van der Waals surface area contributed by atoms with Gasteiger partial charge in [-0.3, -0.25) is 9.59 Å². The fraction of sp³-hybridized carbons (Fsp3) is 0.529. The highest BCUT2D eigenvalue weighted by Crippen LogP contribution is 2.58. The number of carbonyl (C=O) groups is 4. The van der Waals surface area contributed by atoms with Crippen molar-refractivity contribution in [1.29, 1.82) is 0 Å². The number of benzene rings is 2. The predicted octanol–water partition coefficient (Wildman–Crippen LogP) is 6.02. The average molecular weight is 659 g/mol. The van der Waals surface area contributed by atoms with Crippen molar-refractivity contribution in [2.24, 2.45) is 11.8 Å². The van der Waals surface area contributed by atoms with Gasteiger partial charge in [0.2, 0.25) is 11.8 Å². The molecule has 45 heavy (non-hydrogen) atoms. The minimum atomic E-state index is -1.03. The van der Waals surface area contributed by atoms with Crippen LogP contribution in [-0.2, 0) is 29.3 Å². The highest BCUT2D eigenvalue weighted by atomic mass is 35.5. The maximum Gasteiger partial charge on any atom is 0.408 e. The molecule has 0 bridgehead atoms. The smallest absolute Gasteiger partial charge is 0.408 e. The van der Waals surface area contributed by atoms with E-state index in [0.717, 1.165) is 56.1 Å². The van der Waals surface area contributed by atoms with E-state index in [9.17, 15) is 19.2 Å². The van der Waals surface area contributed by atoms with E-state index in [-0.39, 0.29) is 18.2 Å². The van der Waals surface area contributed by atoms with Gasteiger partial charge in [0.15, 0.2) is 0 Å². The number of ether oxygens (including phenoxy) is 2. The first-order valence-electron chi connectivity index (χ1n) is 15.8. The Bertz CT molecular complexity index is 1390. The SMILES string of the molecule is COC(=O)C(C[C@@H]1CCNC1=O)NC(=O)C(CC1CCCCC1)NC(=O)OC(c1cccc(Cl)c1)C1(c2cccc(Cl)c2)CC1. The van der Waals surface area contributed by atoms with Crippen molar-refractivity contribution >= 4 is 47.1 Å². The summed E-state index contributed by atoms with van der Waals surface area (Å²) in [6, 6.07) is 12.8. The quantitative estimate of drug-likeness (QED) is 0.240. The lowest BCUT2D eigenvalue weighted by molar-refractivity contribution is -0.146. The van der Waals surface area contributed by atoms with Gasteiger partial charge in [-0.25, -0.2) is 9.59 Å². The first-order valence-corrected chi connectivity index (χ1v) is 16.6. The van der Waals surface area contributed by atoms with Crippen LogP contribution in [0.2, 0.25) is 10.0 Å². The van der Waals surface area contributed by atoms with Gasteiger partial charge in [0.1, 0.15) is 18.2 Å². The minimum Gasteiger partial charge on any atom is -0.467 e. The first kappa shape index (κ1) is 33.1. The van der Waals surface area contributed by atoms with E-state index in [1.165, 1.54) is 7.11 Å². The second-order valence-electron chi connectivity index (χ2n) is 12.5. The molecule has 3 fully saturated rings. The third-order valence-electron chi connectivity index (χ3n) is 9.45. The van der Waals surface area contributed by atoms with E-state index < -0.39 is 47.5 Å². The van der Waals surface area contributed by atoms with Crippen LogP contribution in [-0.4, -0.2) is 49.6 Å². The van der Waals surface area contributed by atoms with Gasteiger partial charge in [0, 0.05) is 27.9 Å². The Balaban J connectivity index is 1.36. The highest BCUT2D eigenvalue weighted by molar-refractivity contribution is 6.31. The molecule has 2 aliphatic carbocycles. The van der Waals surface area contributed by atoms with Crippen LogP contribution in [0.3, 0.4) is 0 Å². The molecule has 3 aliphatic rings. The molecular weight excluding hydrogens is 617 g/mol. The average Bonchev–Trinajstić information content (AvgIpc) is 3.74. The largest absolute Gasteiger partial charge is 0.467 e. The van der Waals surface area contributed by atoms with Crippen LogP contribution in [0.25, 0.3) is 0 Å². The number of hydrogen-bond acceptors (Lipinski definition) is 6. The summed E-state index contributed by atoms with van der Waals surface area (Å²) in [6.07, 6.45) is 6.38. The highest BCUT2D eigenvalue weighted by Gasteiger charge is 2.54. The molecule has 3 amide bonds. The maximum absolute atomic E-state index is 13.8. The Hall–Kier alpha value is -3.30. The molecule has 11 heteroatoms. The third-order valence-corrected chi connectivity index (χ3v) is 9.92. The molecule has 4 atom stereocenters. The van der Waals surface area contributed by atoms with Gasteiger partial charge in [-0.05, 0) is 73.4 Å². The van der Waals surface area contributed by atoms with E-state index in [4.69, 9.17) is 32.7 Å². The maximum atomic E-state index is 13.8. The Morgan fingerprint density at radius 1 is 0.933 bits per heavy atom. The van der Waals surface area contributed by atoms with Gasteiger partial charge < -0.3 is 25.4 Å². The van der Waals surface area contributed by atoms with E-state index in [0.29, 0.717) is 29.4 Å². The lowest BCUT2D eigenvalue weighted by Gasteiger charge is -2.31. The molecule has 2 aromatic rings. The Labute approximate surface area is 274 Å². The summed E-state index contributed by atoms with van der Waals surface area (Å²) >= 11 is 12.7. The number of carbonyl (C=O) groups excluding carboxylic acids is 4. The van der Waals surface area contributed by atoms with Gasteiger partial charge in [0.05, 0.1) is 7.11 Å². The molecule has 1 heterocycles. The number of amides is 3. The predicted molar refractivity (Wildman–Crippen MR) is 171 cm³/mol. The van der Waals surface area contributed by atoms with Crippen LogP contribution in [0.1, 0.15) is 81.4 Å². The summed E-state index contributed by atoms with van der Waals surface area (Å²) in [7, 11) is 1.24. The number of hydrogen-bond donors (Lipinski definition) is 3. The van der Waals surface area contributed by atoms with Gasteiger partial charge in [-0.2, -0.15) is 0 Å². The minimum absolute atomic E-state index is 0.115. The summed E-state index contributed by atoms with van der Waals surface area (Å²) in [5.41, 5.74) is 1.21. The first-order chi connectivity index (χ1) is 21.7. The molecule has 2 saturated carbocycles. The summed E-state index contributed by atoms with van der Waals surface area (Å²) in [5.74, 6) is -1.48. The number of nitrogens with one attached hydrogen (secondary N) is 3. The van der Waals surface area contributed by atoms with Crippen LogP contribution >= 0.6 is 23.2 Å². The number of halogens is 2. The molecule has 0 radical (unpaired) electrons. The fourth-order valence-corrected chi connectivity index (χ4v) is 7.25. The number of alkyl carbamates (subject to hydrolysis) is 1. The van der Waals surface area contributed by atoms with Crippen LogP contribution in [0.4, 0.5) is 4.79 Å². The normalized spacial score (nSPS) is 21.1. The van der Waals surface area contributed by atoms with E-state index in [2.05, 4.69) is 16.0 Å². The molecular formula is C34H41Cl2N3O6. The standard InChI is InChI=1S/C34H41Cl2N3O6/c1-44-32(42)28(19-23-13-16-37-30(23)40)38-31(41)27(17-21-7-3-2-4-8-21)39-33(43)45-29(22-9-5-11-25(35)18-22)34(14-15-34)24-10-6-12-26(36)20-24/h5-6,9-12,18,20-21,23,27-29H,2-4,7-8,13-17,19H2,1H3,(H,37,40)(H,38,41)(H,39,43)/t23-,27?,28?,29?/m0/s1. The molecule has 2 aromatic carbocycles. The summed E-state index contributed by atoms with van der Waals surface area (Å²) in [4.78, 5) is 52.4. The molecule has 1 saturated heterocycles. The van der Waals surface area contributed by atoms with Gasteiger partial charge in [-0.1, -0.05) is 79.6 Å². The van der Waals surface area contributed by atoms with Crippen molar-refractivity contribution in [2.45, 2.75) is 87.8 Å². The molecule has 0 spiro atoms. The van der Waals surface area contributed by atoms with Crippen molar-refractivity contribution in [2.75, 3.05) is 13.7 Å². The van der Waals surface area contributed by atoms with Gasteiger partial charge >= 0.3 is 12.1 Å². The topological polar surface area (TPSA) is 123 Å². The van der Waals surface area contributed by atoms with E-state index in [1.54, 1.807) is 18.2 Å². The molecule has 5 rings (SSSR count). The van der Waals surface area contributed by atoms with Crippen LogP contribution in [0, 0.1) is 11.8 Å². The molecule has 3 N–H and O–H groups in total. The van der Waals surface area contributed by atoms with Crippen molar-refractivity contribution in [3.8, 4) is 0 Å². The molecule has 3 unspecified atom stereocenters. The molecule has 242 valence electrons. The molecule has 1 aliphatic heterocycles. The van der Waals surface area contributed by atoms with Crippen molar-refractivity contribution in [1.82, 2.24) is 16.0 Å². The molecule has 0 aromatic heterocycles.